The van der Waals surface area contributed by atoms with Crippen LogP contribution in [0.25, 0.3) is 10.9 Å². The number of fused-ring (bicyclic) bond motifs is 1. The Morgan fingerprint density at radius 3 is 2.20 bits per heavy atom. The van der Waals surface area contributed by atoms with Crippen molar-refractivity contribution in [3.63, 3.8) is 0 Å². The third-order valence-corrected chi connectivity index (χ3v) is 1.98. The summed E-state index contributed by atoms with van der Waals surface area (Å²) in [7, 11) is 0. The Labute approximate surface area is 147 Å². The standard InChI is InChI=1S/C8H6N.C5H5.2CH3.CH2.2ClH.Ti/c1-2-4-8-7(3-1)5-6-9-8;1-2-4-5-3-1;;;;;;/h1-5,9H;1-3H,4H2;2*1H3;1H2;2*1H;/q4*-1;;;;. The van der Waals surface area contributed by atoms with Crippen LogP contribution in [0.1, 0.15) is 6.42 Å². The zero-order valence-corrected chi connectivity index (χ0v) is 15.0. The van der Waals surface area contributed by atoms with E-state index in [0.29, 0.717) is 0 Å². The Morgan fingerprint density at radius 2 is 1.75 bits per heavy atom. The second-order valence-electron chi connectivity index (χ2n) is 3.00. The molecule has 1 aromatic heterocycles. The minimum atomic E-state index is 0. The third kappa shape index (κ3) is 10.2. The average Bonchev–Trinajstić information content (AvgIpc) is 3.06. The average molecular weight is 346 g/mol. The number of allylic oxidation sites excluding steroid dienone is 4. The van der Waals surface area contributed by atoms with Gasteiger partial charge in [-0.25, -0.2) is 12.2 Å². The molecule has 0 fully saturated rings. The van der Waals surface area contributed by atoms with Crippen LogP contribution in [0.2, 0.25) is 0 Å². The van der Waals surface area contributed by atoms with Crippen molar-refractivity contribution in [1.82, 2.24) is 4.98 Å². The molecule has 20 heavy (non-hydrogen) atoms. The van der Waals surface area contributed by atoms with Crippen molar-refractivity contribution in [2.75, 3.05) is 0 Å². The number of para-hydroxylation sites is 1. The molecule has 1 aliphatic carbocycles. The second kappa shape index (κ2) is 18.4. The topological polar surface area (TPSA) is 15.8 Å². The predicted octanol–water partition coefficient (Wildman–Crippen LogP) is 4.98. The van der Waals surface area contributed by atoms with E-state index >= 15 is 0 Å². The Bertz CT molecular complexity index is 438. The van der Waals surface area contributed by atoms with Crippen LogP contribution in [-0.2, 0) is 20.0 Å². The van der Waals surface area contributed by atoms with Crippen LogP contribution in [-0.4, -0.2) is 9.80 Å². The molecular weight excluding hydrogens is 325 g/mol. The van der Waals surface area contributed by atoms with Gasteiger partial charge in [0.2, 0.25) is 0 Å². The molecule has 112 valence electrons. The van der Waals surface area contributed by atoms with Gasteiger partial charge in [-0.15, -0.1) is 55.1 Å². The molecule has 0 radical (unpaired) electrons. The molecule has 3 rings (SSSR count). The maximum Gasteiger partial charge on any atom is -0.0745 e. The molecule has 0 saturated carbocycles. The molecule has 1 aromatic carbocycles. The van der Waals surface area contributed by atoms with Gasteiger partial charge >= 0.3 is 24.8 Å². The molecule has 4 heteroatoms. The summed E-state index contributed by atoms with van der Waals surface area (Å²) in [5, 5.41) is 1.22. The Morgan fingerprint density at radius 1 is 1.10 bits per heavy atom. The van der Waals surface area contributed by atoms with Gasteiger partial charge in [0.05, 0.1) is 0 Å². The minimum Gasteiger partial charge on any atom is -0.477 e. The first-order valence-electron chi connectivity index (χ1n) is 4.98. The first kappa shape index (κ1) is 27.7. The molecule has 0 aliphatic heterocycles. The third-order valence-electron chi connectivity index (χ3n) is 1.98. The molecule has 0 amide bonds. The summed E-state index contributed by atoms with van der Waals surface area (Å²) in [5.41, 5.74) is 1.15. The van der Waals surface area contributed by atoms with Crippen LogP contribution in [0.5, 0.6) is 0 Å². The van der Waals surface area contributed by atoms with E-state index in [-0.39, 0.29) is 39.7 Å². The fraction of sp³-hybridized carbons (Fsp3) is 0.0625. The number of hydrogen-bond donors (Lipinski definition) is 1. The summed E-state index contributed by atoms with van der Waals surface area (Å²) in [6.45, 7) is 0. The van der Waals surface area contributed by atoms with Crippen molar-refractivity contribution in [2.45, 2.75) is 6.42 Å². The van der Waals surface area contributed by atoms with Crippen LogP contribution in [0, 0.1) is 27.1 Å². The van der Waals surface area contributed by atoms with E-state index in [9.17, 15) is 0 Å². The summed E-state index contributed by atoms with van der Waals surface area (Å²) in [4.78, 5) is 6.24. The molecule has 1 nitrogen and oxygen atoms in total. The fourth-order valence-corrected chi connectivity index (χ4v) is 1.27. The summed E-state index contributed by atoms with van der Waals surface area (Å²) in [5.74, 6) is 0. The van der Waals surface area contributed by atoms with Gasteiger partial charge in [0.15, 0.2) is 0 Å². The normalized spacial score (nSPS) is 9.15. The molecule has 0 spiro atoms. The SMILES string of the molecule is Cl.Cl.[C-]1=CC=CC1.[CH2]=[Ti].[CH3-].[CH3-].[c-]1cc2ccccc2[nH]1. The number of aromatic nitrogens is 1. The molecule has 2 aromatic rings. The molecule has 0 bridgehead atoms. The number of nitrogens with one attached hydrogen (secondary N) is 1. The number of rotatable bonds is 0. The van der Waals surface area contributed by atoms with Gasteiger partial charge in [0.1, 0.15) is 0 Å². The van der Waals surface area contributed by atoms with Crippen molar-refractivity contribution in [2.24, 2.45) is 0 Å². The Hall–Kier alpha value is -0.596. The number of benzene rings is 1. The van der Waals surface area contributed by atoms with Crippen molar-refractivity contribution >= 4 is 40.5 Å². The van der Waals surface area contributed by atoms with E-state index in [0.717, 1.165) is 11.9 Å². The van der Waals surface area contributed by atoms with Crippen LogP contribution < -0.4 is 0 Å². The monoisotopic (exact) mass is 345 g/mol. The van der Waals surface area contributed by atoms with Crippen molar-refractivity contribution < 1.29 is 20.0 Å². The number of halogens is 2. The van der Waals surface area contributed by atoms with Crippen molar-refractivity contribution in [3.05, 3.63) is 75.7 Å². The van der Waals surface area contributed by atoms with Crippen LogP contribution in [0.4, 0.5) is 0 Å². The maximum atomic E-state index is 3.25. The summed E-state index contributed by atoms with van der Waals surface area (Å²) >= 11 is 1.75. The molecule has 1 aliphatic rings. The van der Waals surface area contributed by atoms with E-state index < -0.39 is 0 Å². The Kier molecular flexibility index (Phi) is 25.5. The summed E-state index contributed by atoms with van der Waals surface area (Å²) in [6.07, 6.45) is 12.9. The number of H-pyrrole nitrogens is 1. The van der Waals surface area contributed by atoms with Gasteiger partial charge in [-0.2, -0.15) is 17.5 Å². The molecule has 0 unspecified atom stereocenters. The van der Waals surface area contributed by atoms with Crippen LogP contribution >= 0.6 is 24.8 Å². The minimum absolute atomic E-state index is 0. The van der Waals surface area contributed by atoms with E-state index in [2.05, 4.69) is 34.2 Å². The van der Waals surface area contributed by atoms with Crippen LogP contribution in [0.15, 0.2) is 48.6 Å². The van der Waals surface area contributed by atoms with Gasteiger partial charge in [-0.3, -0.25) is 6.08 Å². The smallest absolute Gasteiger partial charge is 0.0745 e. The second-order valence-corrected chi connectivity index (χ2v) is 3.00. The van der Waals surface area contributed by atoms with Gasteiger partial charge in [-0.05, 0) is 0 Å². The summed E-state index contributed by atoms with van der Waals surface area (Å²) in [6, 6.07) is 10.1. The van der Waals surface area contributed by atoms with Gasteiger partial charge in [-0.1, -0.05) is 12.1 Å². The molecule has 1 N–H and O–H groups in total. The van der Waals surface area contributed by atoms with Gasteiger partial charge in [0, 0.05) is 0 Å². The first-order chi connectivity index (χ1) is 7.97. The summed E-state index contributed by atoms with van der Waals surface area (Å²) < 4.78 is 0. The van der Waals surface area contributed by atoms with Gasteiger partial charge in [0.25, 0.3) is 0 Å². The molecule has 0 saturated heterocycles. The molecule has 0 atom stereocenters. The fourth-order valence-electron chi connectivity index (χ4n) is 1.27. The van der Waals surface area contributed by atoms with E-state index in [4.69, 9.17) is 0 Å². The number of aromatic amines is 1. The predicted molar refractivity (Wildman–Crippen MR) is 93.1 cm³/mol. The van der Waals surface area contributed by atoms with Crippen molar-refractivity contribution in [1.29, 1.82) is 0 Å². The van der Waals surface area contributed by atoms with Gasteiger partial charge < -0.3 is 19.8 Å². The first-order valence-corrected chi connectivity index (χ1v) is 6.08. The Balaban J connectivity index is -0.000000104. The molecular formula is C16H21Cl2NTi-4. The quantitative estimate of drug-likeness (QED) is 0.511. The maximum absolute atomic E-state index is 3.25. The zero-order valence-electron chi connectivity index (χ0n) is 11.8. The zero-order chi connectivity index (χ0) is 11.6. The van der Waals surface area contributed by atoms with E-state index in [1.807, 2.05) is 36.4 Å². The van der Waals surface area contributed by atoms with E-state index in [1.165, 1.54) is 5.39 Å². The molecule has 1 heterocycles. The number of hydrogen-bond acceptors (Lipinski definition) is 0. The van der Waals surface area contributed by atoms with Crippen molar-refractivity contribution in [3.8, 4) is 0 Å². The van der Waals surface area contributed by atoms with E-state index in [1.54, 1.807) is 20.0 Å². The van der Waals surface area contributed by atoms with Crippen LogP contribution in [0.3, 0.4) is 0 Å². The largest absolute Gasteiger partial charge is 0.477 e.